The average molecular weight is 582 g/mol. The highest BCUT2D eigenvalue weighted by Gasteiger charge is 2.21. The van der Waals surface area contributed by atoms with Crippen molar-refractivity contribution in [2.45, 2.75) is 26.9 Å². The monoisotopic (exact) mass is 581 g/mol. The van der Waals surface area contributed by atoms with Crippen LogP contribution in [0.5, 0.6) is 11.6 Å². The first-order chi connectivity index (χ1) is 20.5. The van der Waals surface area contributed by atoms with Crippen LogP contribution in [0.3, 0.4) is 0 Å². The minimum Gasteiger partial charge on any atom is -0.494 e. The highest BCUT2D eigenvalue weighted by Crippen LogP contribution is 2.42. The molecule has 0 aliphatic carbocycles. The van der Waals surface area contributed by atoms with E-state index >= 15 is 0 Å². The summed E-state index contributed by atoms with van der Waals surface area (Å²) in [7, 11) is 0.596. The third kappa shape index (κ3) is 7.44. The molecule has 1 aromatic heterocycles. The molecule has 5 rings (SSSR count). The molecule has 0 saturated heterocycles. The third-order valence-corrected chi connectivity index (χ3v) is 7.91. The Hall–Kier alpha value is -4.00. The summed E-state index contributed by atoms with van der Waals surface area (Å²) < 4.78 is 17.3. The Kier molecular flexibility index (Phi) is 10.0. The van der Waals surface area contributed by atoms with Crippen molar-refractivity contribution in [1.29, 1.82) is 0 Å². The number of nitrogens with one attached hydrogen (secondary N) is 1. The summed E-state index contributed by atoms with van der Waals surface area (Å²) in [4.78, 5) is 10.4. The van der Waals surface area contributed by atoms with Gasteiger partial charge in [0.1, 0.15) is 5.75 Å². The van der Waals surface area contributed by atoms with Gasteiger partial charge in [-0.25, -0.2) is 4.99 Å². The highest BCUT2D eigenvalue weighted by atomic mass is 31.2. The molecule has 0 amide bonds. The lowest BCUT2D eigenvalue weighted by Crippen LogP contribution is -2.17. The summed E-state index contributed by atoms with van der Waals surface area (Å²) >= 11 is 0. The van der Waals surface area contributed by atoms with E-state index in [1.54, 1.807) is 0 Å². The zero-order valence-corrected chi connectivity index (χ0v) is 25.1. The van der Waals surface area contributed by atoms with E-state index in [4.69, 9.17) is 18.6 Å². The maximum atomic E-state index is 11.1. The number of aromatic amines is 1. The Bertz CT molecular complexity index is 1600. The van der Waals surface area contributed by atoms with Gasteiger partial charge in [-0.05, 0) is 62.4 Å². The smallest absolute Gasteiger partial charge is 0.397 e. The van der Waals surface area contributed by atoms with Crippen LogP contribution >= 0.6 is 8.60 Å². The van der Waals surface area contributed by atoms with Gasteiger partial charge in [-0.1, -0.05) is 72.8 Å². The van der Waals surface area contributed by atoms with Gasteiger partial charge in [0, 0.05) is 29.6 Å². The normalized spacial score (nSPS) is 12.0. The third-order valence-electron chi connectivity index (χ3n) is 6.61. The number of benzene rings is 4. The van der Waals surface area contributed by atoms with Crippen LogP contribution in [0.25, 0.3) is 10.9 Å². The Balaban J connectivity index is 1.46. The molecule has 0 fully saturated rings. The van der Waals surface area contributed by atoms with Crippen LogP contribution in [0.15, 0.2) is 108 Å². The van der Waals surface area contributed by atoms with Gasteiger partial charge in [0.15, 0.2) is 5.88 Å². The van der Waals surface area contributed by atoms with Crippen molar-refractivity contribution < 1.29 is 18.7 Å². The summed E-state index contributed by atoms with van der Waals surface area (Å²) in [5.74, 6) is 0.632. The molecular formula is C34H36N3O4P. The Labute approximate surface area is 248 Å². The van der Waals surface area contributed by atoms with Crippen molar-refractivity contribution in [2.75, 3.05) is 20.3 Å². The van der Waals surface area contributed by atoms with Gasteiger partial charge in [0.25, 0.3) is 0 Å². The Morgan fingerprint density at radius 2 is 1.43 bits per heavy atom. The number of fused-ring (bicyclic) bond motifs is 1. The maximum Gasteiger partial charge on any atom is 0.397 e. The first-order valence-electron chi connectivity index (χ1n) is 14.1. The molecule has 0 radical (unpaired) electrons. The molecule has 4 aromatic carbocycles. The SMILES string of the molecule is CCOP(OCC)Oc1ccc2[nH]c(O)c(C(=Nc3ccc(CN(C)Cc4ccccc4)cc3)c3ccccc3)c2c1. The van der Waals surface area contributed by atoms with Crippen LogP contribution in [0, 0.1) is 0 Å². The first kappa shape index (κ1) is 29.5. The largest absolute Gasteiger partial charge is 0.494 e. The lowest BCUT2D eigenvalue weighted by molar-refractivity contribution is 0.221. The maximum absolute atomic E-state index is 11.1. The topological polar surface area (TPSA) is 79.3 Å². The second kappa shape index (κ2) is 14.3. The van der Waals surface area contributed by atoms with Gasteiger partial charge in [0.2, 0.25) is 0 Å². The Morgan fingerprint density at radius 1 is 0.810 bits per heavy atom. The number of nitrogens with zero attached hydrogens (tertiary/aromatic N) is 2. The van der Waals surface area contributed by atoms with Crippen LogP contribution < -0.4 is 4.52 Å². The minimum atomic E-state index is -1.53. The minimum absolute atomic E-state index is 0.0424. The fourth-order valence-electron chi connectivity index (χ4n) is 4.77. The van der Waals surface area contributed by atoms with Crippen molar-refractivity contribution in [3.05, 3.63) is 125 Å². The molecule has 0 saturated carbocycles. The van der Waals surface area contributed by atoms with Crippen LogP contribution in [-0.2, 0) is 22.1 Å². The van der Waals surface area contributed by atoms with Gasteiger partial charge in [-0.3, -0.25) is 4.90 Å². The van der Waals surface area contributed by atoms with Gasteiger partial charge in [-0.15, -0.1) is 0 Å². The molecule has 5 aromatic rings. The van der Waals surface area contributed by atoms with E-state index < -0.39 is 8.60 Å². The van der Waals surface area contributed by atoms with E-state index in [0.29, 0.717) is 30.2 Å². The summed E-state index contributed by atoms with van der Waals surface area (Å²) in [6.45, 7) is 6.47. The van der Waals surface area contributed by atoms with Gasteiger partial charge >= 0.3 is 8.60 Å². The van der Waals surface area contributed by atoms with E-state index in [1.807, 2.05) is 80.6 Å². The van der Waals surface area contributed by atoms with Crippen molar-refractivity contribution in [3.8, 4) is 11.6 Å². The zero-order valence-electron chi connectivity index (χ0n) is 24.2. The molecule has 0 aliphatic heterocycles. The second-order valence-electron chi connectivity index (χ2n) is 9.86. The molecule has 0 unspecified atom stereocenters. The molecule has 8 heteroatoms. The van der Waals surface area contributed by atoms with Crippen molar-refractivity contribution in [1.82, 2.24) is 9.88 Å². The number of aliphatic imine (C=N–C) groups is 1. The predicted octanol–water partition coefficient (Wildman–Crippen LogP) is 8.35. The molecule has 0 aliphatic rings. The summed E-state index contributed by atoms with van der Waals surface area (Å²) in [6, 6.07) is 34.2. The standard InChI is InChI=1S/C34H36N3O4P/c1-4-39-42(40-5-2)41-29-20-21-31-30(22-29)32(34(38)36-31)33(27-14-10-7-11-15-27)35-28-18-16-26(17-19-28)24-37(3)23-25-12-8-6-9-13-25/h6-22,36,38H,4-5,23-24H2,1-3H3. The zero-order chi connectivity index (χ0) is 29.3. The van der Waals surface area contributed by atoms with Gasteiger partial charge in [-0.2, -0.15) is 0 Å². The van der Waals surface area contributed by atoms with Crippen LogP contribution in [0.1, 0.15) is 36.1 Å². The predicted molar refractivity (Wildman–Crippen MR) is 171 cm³/mol. The van der Waals surface area contributed by atoms with E-state index in [2.05, 4.69) is 53.3 Å². The van der Waals surface area contributed by atoms with Crippen molar-refractivity contribution in [2.24, 2.45) is 4.99 Å². The van der Waals surface area contributed by atoms with E-state index in [9.17, 15) is 5.11 Å². The van der Waals surface area contributed by atoms with Gasteiger partial charge in [0.05, 0.1) is 30.2 Å². The molecule has 1 heterocycles. The number of H-pyrrole nitrogens is 1. The second-order valence-corrected chi connectivity index (χ2v) is 11.0. The molecule has 7 nitrogen and oxygen atoms in total. The van der Waals surface area contributed by atoms with Crippen molar-refractivity contribution >= 4 is 30.9 Å². The van der Waals surface area contributed by atoms with E-state index in [0.717, 1.165) is 35.2 Å². The number of hydrogen-bond donors (Lipinski definition) is 2. The number of aromatic nitrogens is 1. The number of rotatable bonds is 13. The fraction of sp³-hybridized carbons (Fsp3) is 0.206. The highest BCUT2D eigenvalue weighted by molar-refractivity contribution is 7.42. The molecule has 2 N–H and O–H groups in total. The lowest BCUT2D eigenvalue weighted by Gasteiger charge is -2.17. The quantitative estimate of drug-likeness (QED) is 0.108. The number of hydrogen-bond acceptors (Lipinski definition) is 6. The Morgan fingerprint density at radius 3 is 2.07 bits per heavy atom. The van der Waals surface area contributed by atoms with Crippen molar-refractivity contribution in [3.63, 3.8) is 0 Å². The first-order valence-corrected chi connectivity index (χ1v) is 15.2. The fourth-order valence-corrected chi connectivity index (χ4v) is 5.66. The van der Waals surface area contributed by atoms with Crippen LogP contribution in [-0.4, -0.2) is 41.0 Å². The molecule has 42 heavy (non-hydrogen) atoms. The van der Waals surface area contributed by atoms with Crippen LogP contribution in [0.2, 0.25) is 0 Å². The molecule has 0 atom stereocenters. The summed E-state index contributed by atoms with van der Waals surface area (Å²) in [5, 5.41) is 11.9. The van der Waals surface area contributed by atoms with Gasteiger partial charge < -0.3 is 23.7 Å². The molecule has 0 spiro atoms. The summed E-state index contributed by atoms with van der Waals surface area (Å²) in [5.41, 5.74) is 6.19. The molecule has 216 valence electrons. The summed E-state index contributed by atoms with van der Waals surface area (Å²) in [6.07, 6.45) is 0. The van der Waals surface area contributed by atoms with E-state index in [1.165, 1.54) is 11.1 Å². The average Bonchev–Trinajstić information content (AvgIpc) is 3.32. The molecular weight excluding hydrogens is 545 g/mol. The molecule has 0 bridgehead atoms. The number of aromatic hydroxyl groups is 1. The van der Waals surface area contributed by atoms with Crippen LogP contribution in [0.4, 0.5) is 5.69 Å². The lowest BCUT2D eigenvalue weighted by atomic mass is 10.0. The van der Waals surface area contributed by atoms with E-state index in [-0.39, 0.29) is 5.88 Å².